The van der Waals surface area contributed by atoms with E-state index in [-0.39, 0.29) is 30.2 Å². The molecule has 4 rings (SSSR count). The molecule has 0 spiro atoms. The zero-order chi connectivity index (χ0) is 19.0. The molecule has 27 heavy (non-hydrogen) atoms. The van der Waals surface area contributed by atoms with Crippen LogP contribution in [0.4, 0.5) is 0 Å². The van der Waals surface area contributed by atoms with Crippen LogP contribution in [0.15, 0.2) is 18.2 Å². The maximum absolute atomic E-state index is 12.9. The number of carbonyl (C=O) groups excluding carboxylic acids is 3. The number of benzene rings is 1. The normalized spacial score (nSPS) is 28.3. The van der Waals surface area contributed by atoms with Gasteiger partial charge in [-0.1, -0.05) is 25.0 Å². The van der Waals surface area contributed by atoms with Crippen LogP contribution in [0.2, 0.25) is 0 Å². The zero-order valence-electron chi connectivity index (χ0n) is 15.4. The van der Waals surface area contributed by atoms with Crippen molar-refractivity contribution >= 4 is 17.7 Å². The number of piperidine rings is 1. The van der Waals surface area contributed by atoms with E-state index in [0.717, 1.165) is 24.0 Å². The Labute approximate surface area is 158 Å². The molecule has 3 amide bonds. The van der Waals surface area contributed by atoms with Crippen molar-refractivity contribution < 1.29 is 14.4 Å². The molecule has 0 aromatic heterocycles. The van der Waals surface area contributed by atoms with E-state index < -0.39 is 6.04 Å². The van der Waals surface area contributed by atoms with Gasteiger partial charge in [0.1, 0.15) is 6.04 Å². The van der Waals surface area contributed by atoms with E-state index in [1.54, 1.807) is 4.90 Å². The van der Waals surface area contributed by atoms with Gasteiger partial charge in [0.2, 0.25) is 11.8 Å². The van der Waals surface area contributed by atoms with E-state index in [1.165, 1.54) is 12.8 Å². The Morgan fingerprint density at radius 2 is 1.96 bits per heavy atom. The Balaban J connectivity index is 1.43. The lowest BCUT2D eigenvalue weighted by atomic mass is 9.91. The van der Waals surface area contributed by atoms with Crippen LogP contribution in [0.5, 0.6) is 0 Å². The Morgan fingerprint density at radius 1 is 1.15 bits per heavy atom. The quantitative estimate of drug-likeness (QED) is 0.680. The van der Waals surface area contributed by atoms with E-state index in [2.05, 4.69) is 10.6 Å². The first-order valence-corrected chi connectivity index (χ1v) is 9.78. The van der Waals surface area contributed by atoms with Gasteiger partial charge in [0.05, 0.1) is 0 Å². The lowest BCUT2D eigenvalue weighted by Gasteiger charge is -2.29. The van der Waals surface area contributed by atoms with Crippen molar-refractivity contribution in [3.8, 4) is 0 Å². The summed E-state index contributed by atoms with van der Waals surface area (Å²) < 4.78 is 0. The van der Waals surface area contributed by atoms with Crippen molar-refractivity contribution in [3.05, 3.63) is 34.9 Å². The van der Waals surface area contributed by atoms with Gasteiger partial charge < -0.3 is 16.0 Å². The van der Waals surface area contributed by atoms with Gasteiger partial charge in [0.15, 0.2) is 0 Å². The molecule has 0 bridgehead atoms. The third-order valence-electron chi connectivity index (χ3n) is 5.98. The number of nitrogens with two attached hydrogens (primary N) is 1. The third-order valence-corrected chi connectivity index (χ3v) is 5.98. The summed E-state index contributed by atoms with van der Waals surface area (Å²) in [6.45, 7) is 1.10. The van der Waals surface area contributed by atoms with Gasteiger partial charge in [-0.15, -0.1) is 0 Å². The minimum absolute atomic E-state index is 0.129. The summed E-state index contributed by atoms with van der Waals surface area (Å²) in [5.41, 5.74) is 8.83. The number of imide groups is 1. The first kappa shape index (κ1) is 18.1. The molecule has 2 fully saturated rings. The van der Waals surface area contributed by atoms with Crippen LogP contribution in [0.1, 0.15) is 60.0 Å². The molecule has 1 saturated heterocycles. The first-order chi connectivity index (χ1) is 13.0. The van der Waals surface area contributed by atoms with E-state index in [0.29, 0.717) is 31.1 Å². The monoisotopic (exact) mass is 370 g/mol. The molecule has 2 aliphatic heterocycles. The fourth-order valence-electron chi connectivity index (χ4n) is 4.37. The number of nitrogens with one attached hydrogen (secondary N) is 2. The molecule has 3 atom stereocenters. The number of hydrogen-bond donors (Lipinski definition) is 3. The van der Waals surface area contributed by atoms with Gasteiger partial charge in [-0.05, 0) is 36.5 Å². The van der Waals surface area contributed by atoms with Crippen molar-refractivity contribution in [2.75, 3.05) is 0 Å². The SMILES string of the molecule is N[C@H]1CCCC[C@H]1NCc1ccc2c(c1)C(=O)N(C1CCC(=O)NC1=O)C2. The van der Waals surface area contributed by atoms with Gasteiger partial charge in [-0.2, -0.15) is 0 Å². The summed E-state index contributed by atoms with van der Waals surface area (Å²) in [5.74, 6) is -0.772. The number of nitrogens with zero attached hydrogens (tertiary/aromatic N) is 1. The highest BCUT2D eigenvalue weighted by molar-refractivity contribution is 6.05. The topological polar surface area (TPSA) is 105 Å². The predicted molar refractivity (Wildman–Crippen MR) is 99.6 cm³/mol. The minimum atomic E-state index is -0.565. The van der Waals surface area contributed by atoms with Gasteiger partial charge in [0.25, 0.3) is 5.91 Å². The van der Waals surface area contributed by atoms with Crippen molar-refractivity contribution in [1.82, 2.24) is 15.5 Å². The number of rotatable bonds is 4. The van der Waals surface area contributed by atoms with E-state index >= 15 is 0 Å². The standard InChI is InChI=1S/C20H26N4O3/c21-15-3-1-2-4-16(15)22-10-12-5-6-13-11-24(20(27)14(13)9-12)17-7-8-18(25)23-19(17)26/h5-6,9,15-17,22H,1-4,7-8,10-11,21H2,(H,23,25,26)/t15-,16+,17?/m0/s1. The van der Waals surface area contributed by atoms with E-state index in [9.17, 15) is 14.4 Å². The average Bonchev–Trinajstić information content (AvgIpc) is 2.97. The highest BCUT2D eigenvalue weighted by atomic mass is 16.2. The Hall–Kier alpha value is -2.25. The van der Waals surface area contributed by atoms with Crippen LogP contribution >= 0.6 is 0 Å². The summed E-state index contributed by atoms with van der Waals surface area (Å²) in [6.07, 6.45) is 5.21. The van der Waals surface area contributed by atoms with Gasteiger partial charge in [0, 0.05) is 37.2 Å². The smallest absolute Gasteiger partial charge is 0.255 e. The van der Waals surface area contributed by atoms with Crippen molar-refractivity contribution in [2.45, 2.75) is 69.7 Å². The van der Waals surface area contributed by atoms with Crippen LogP contribution in [-0.2, 0) is 22.7 Å². The predicted octanol–water partition coefficient (Wildman–Crippen LogP) is 0.807. The maximum Gasteiger partial charge on any atom is 0.255 e. The summed E-state index contributed by atoms with van der Waals surface area (Å²) in [7, 11) is 0. The molecule has 1 unspecified atom stereocenters. The fourth-order valence-corrected chi connectivity index (χ4v) is 4.37. The molecule has 0 radical (unpaired) electrons. The summed E-state index contributed by atoms with van der Waals surface area (Å²) >= 11 is 0. The molecule has 1 aromatic rings. The Kier molecular flexibility index (Phi) is 4.97. The molecule has 144 valence electrons. The first-order valence-electron chi connectivity index (χ1n) is 9.78. The van der Waals surface area contributed by atoms with Gasteiger partial charge >= 0.3 is 0 Å². The molecule has 2 heterocycles. The molecule has 1 aliphatic carbocycles. The van der Waals surface area contributed by atoms with Crippen LogP contribution in [0, 0.1) is 0 Å². The van der Waals surface area contributed by atoms with Crippen LogP contribution < -0.4 is 16.4 Å². The third kappa shape index (κ3) is 3.61. The maximum atomic E-state index is 12.9. The molecule has 4 N–H and O–H groups in total. The second-order valence-electron chi connectivity index (χ2n) is 7.83. The number of hydrogen-bond acceptors (Lipinski definition) is 5. The molecule has 3 aliphatic rings. The molecule has 1 saturated carbocycles. The zero-order valence-corrected chi connectivity index (χ0v) is 15.4. The Morgan fingerprint density at radius 3 is 2.74 bits per heavy atom. The molecular formula is C20H26N4O3. The average molecular weight is 370 g/mol. The molecular weight excluding hydrogens is 344 g/mol. The fraction of sp³-hybridized carbons (Fsp3) is 0.550. The molecule has 1 aromatic carbocycles. The summed E-state index contributed by atoms with van der Waals surface area (Å²) in [6, 6.07) is 5.87. The number of fused-ring (bicyclic) bond motifs is 1. The number of amides is 3. The summed E-state index contributed by atoms with van der Waals surface area (Å²) in [4.78, 5) is 37.9. The van der Waals surface area contributed by atoms with Crippen LogP contribution in [0.3, 0.4) is 0 Å². The van der Waals surface area contributed by atoms with Gasteiger partial charge in [-0.3, -0.25) is 19.7 Å². The largest absolute Gasteiger partial charge is 0.326 e. The van der Waals surface area contributed by atoms with Crippen molar-refractivity contribution in [1.29, 1.82) is 0 Å². The van der Waals surface area contributed by atoms with Crippen molar-refractivity contribution in [2.24, 2.45) is 5.73 Å². The highest BCUT2D eigenvalue weighted by Gasteiger charge is 2.39. The molecule has 7 heteroatoms. The van der Waals surface area contributed by atoms with Crippen LogP contribution in [0.25, 0.3) is 0 Å². The van der Waals surface area contributed by atoms with Gasteiger partial charge in [-0.25, -0.2) is 0 Å². The minimum Gasteiger partial charge on any atom is -0.326 e. The number of carbonyl (C=O) groups is 3. The second-order valence-corrected chi connectivity index (χ2v) is 7.83. The van der Waals surface area contributed by atoms with Crippen molar-refractivity contribution in [3.63, 3.8) is 0 Å². The van der Waals surface area contributed by atoms with E-state index in [1.807, 2.05) is 18.2 Å². The van der Waals surface area contributed by atoms with Crippen LogP contribution in [-0.4, -0.2) is 40.7 Å². The molecule has 7 nitrogen and oxygen atoms in total. The summed E-state index contributed by atoms with van der Waals surface area (Å²) in [5, 5.41) is 5.86. The lowest BCUT2D eigenvalue weighted by molar-refractivity contribution is -0.136. The van der Waals surface area contributed by atoms with E-state index in [4.69, 9.17) is 5.73 Å². The second kappa shape index (κ2) is 7.40. The highest BCUT2D eigenvalue weighted by Crippen LogP contribution is 2.28. The lowest BCUT2D eigenvalue weighted by Crippen LogP contribution is -2.52. The Bertz CT molecular complexity index is 778.